The van der Waals surface area contributed by atoms with E-state index in [0.29, 0.717) is 16.4 Å². The van der Waals surface area contributed by atoms with Gasteiger partial charge in [0.25, 0.3) is 5.91 Å². The molecule has 4 aromatic rings. The standard InChI is InChI=1S/C25H23ClN4O3/c1-3-30-21-7-5-4-6-18(21)19-14-17(9-10-22(19)30)27-24(32)12-15(2)28-29-25(33)20-13-16(26)8-11-23(20)31/h4-11,13-14,31H,3,12H2,1-2H3,(H,27,32)(H,29,33)/b28-15+. The Morgan fingerprint density at radius 2 is 1.79 bits per heavy atom. The summed E-state index contributed by atoms with van der Waals surface area (Å²) in [6, 6.07) is 18.2. The molecule has 3 aromatic carbocycles. The number of fused-ring (bicyclic) bond motifs is 3. The van der Waals surface area contributed by atoms with Gasteiger partial charge in [-0.05, 0) is 56.3 Å². The number of phenols is 1. The fourth-order valence-corrected chi connectivity index (χ4v) is 4.02. The van der Waals surface area contributed by atoms with Crippen LogP contribution >= 0.6 is 11.6 Å². The molecule has 3 N–H and O–H groups in total. The zero-order chi connectivity index (χ0) is 23.5. The molecule has 0 unspecified atom stereocenters. The Morgan fingerprint density at radius 3 is 2.58 bits per heavy atom. The Bertz CT molecular complexity index is 1410. The van der Waals surface area contributed by atoms with E-state index in [2.05, 4.69) is 39.5 Å². The predicted octanol–water partition coefficient (Wildman–Crippen LogP) is 5.31. The SMILES string of the molecule is CCn1c2ccccc2c2cc(NC(=O)C/C(C)=N/NC(=O)c3cc(Cl)ccc3O)ccc21. The second-order valence-corrected chi connectivity index (χ2v) is 8.10. The average molecular weight is 463 g/mol. The molecular formula is C25H23ClN4O3. The number of aromatic nitrogens is 1. The normalized spacial score (nSPS) is 11.7. The van der Waals surface area contributed by atoms with Crippen LogP contribution in [0.5, 0.6) is 5.75 Å². The molecule has 0 aliphatic carbocycles. The van der Waals surface area contributed by atoms with Crippen LogP contribution in [-0.4, -0.2) is 27.2 Å². The second kappa shape index (κ2) is 9.34. The van der Waals surface area contributed by atoms with Gasteiger partial charge in [0.05, 0.1) is 12.0 Å². The van der Waals surface area contributed by atoms with Gasteiger partial charge in [0, 0.05) is 44.8 Å². The number of carbonyl (C=O) groups excluding carboxylic acids is 2. The molecule has 0 fully saturated rings. The first kappa shape index (κ1) is 22.4. The molecule has 8 heteroatoms. The highest BCUT2D eigenvalue weighted by Gasteiger charge is 2.13. The maximum Gasteiger partial charge on any atom is 0.275 e. The van der Waals surface area contributed by atoms with Crippen molar-refractivity contribution in [2.75, 3.05) is 5.32 Å². The summed E-state index contributed by atoms with van der Waals surface area (Å²) in [4.78, 5) is 24.7. The molecule has 0 bridgehead atoms. The van der Waals surface area contributed by atoms with E-state index in [1.54, 1.807) is 6.92 Å². The van der Waals surface area contributed by atoms with E-state index in [1.807, 2.05) is 30.3 Å². The number of anilines is 1. The lowest BCUT2D eigenvalue weighted by Crippen LogP contribution is -2.21. The first-order valence-corrected chi connectivity index (χ1v) is 10.9. The first-order chi connectivity index (χ1) is 15.9. The number of aromatic hydroxyl groups is 1. The van der Waals surface area contributed by atoms with E-state index >= 15 is 0 Å². The van der Waals surface area contributed by atoms with E-state index in [9.17, 15) is 14.7 Å². The maximum atomic E-state index is 12.5. The third kappa shape index (κ3) is 4.68. The molecule has 1 heterocycles. The van der Waals surface area contributed by atoms with E-state index in [4.69, 9.17) is 11.6 Å². The molecule has 33 heavy (non-hydrogen) atoms. The Kier molecular flexibility index (Phi) is 6.33. The van der Waals surface area contributed by atoms with Crippen molar-refractivity contribution in [1.82, 2.24) is 9.99 Å². The molecule has 0 saturated heterocycles. The molecule has 4 rings (SSSR count). The molecule has 2 amide bonds. The van der Waals surface area contributed by atoms with Crippen molar-refractivity contribution >= 4 is 56.6 Å². The molecule has 0 spiro atoms. The fraction of sp³-hybridized carbons (Fsp3) is 0.160. The molecule has 0 saturated carbocycles. The summed E-state index contributed by atoms with van der Waals surface area (Å²) in [5.74, 6) is -1.08. The molecule has 0 atom stereocenters. The minimum absolute atomic E-state index is 0.00282. The van der Waals surface area contributed by atoms with Crippen LogP contribution in [-0.2, 0) is 11.3 Å². The first-order valence-electron chi connectivity index (χ1n) is 10.5. The number of para-hydroxylation sites is 1. The van der Waals surface area contributed by atoms with Crippen LogP contribution < -0.4 is 10.7 Å². The summed E-state index contributed by atoms with van der Waals surface area (Å²) in [5.41, 5.74) is 5.70. The number of benzene rings is 3. The molecule has 0 radical (unpaired) electrons. The van der Waals surface area contributed by atoms with Gasteiger partial charge in [-0.15, -0.1) is 0 Å². The zero-order valence-corrected chi connectivity index (χ0v) is 19.0. The van der Waals surface area contributed by atoms with Crippen molar-refractivity contribution in [2.24, 2.45) is 5.10 Å². The topological polar surface area (TPSA) is 95.7 Å². The van der Waals surface area contributed by atoms with Crippen LogP contribution in [0.25, 0.3) is 21.8 Å². The maximum absolute atomic E-state index is 12.5. The highest BCUT2D eigenvalue weighted by Crippen LogP contribution is 2.31. The number of hydrazone groups is 1. The van der Waals surface area contributed by atoms with Gasteiger partial charge < -0.3 is 15.0 Å². The molecule has 0 aliphatic heterocycles. The largest absolute Gasteiger partial charge is 0.507 e. The number of phenolic OH excluding ortho intramolecular Hbond substituents is 1. The van der Waals surface area contributed by atoms with Crippen molar-refractivity contribution < 1.29 is 14.7 Å². The van der Waals surface area contributed by atoms with E-state index in [0.717, 1.165) is 28.4 Å². The van der Waals surface area contributed by atoms with E-state index in [1.165, 1.54) is 18.2 Å². The quantitative estimate of drug-likeness (QED) is 0.267. The number of hydrogen-bond donors (Lipinski definition) is 3. The molecule has 0 aliphatic rings. The Morgan fingerprint density at radius 1 is 1.03 bits per heavy atom. The van der Waals surface area contributed by atoms with Gasteiger partial charge in [-0.25, -0.2) is 5.43 Å². The number of amides is 2. The van der Waals surface area contributed by atoms with Crippen molar-refractivity contribution in [3.05, 3.63) is 71.2 Å². The van der Waals surface area contributed by atoms with Gasteiger partial charge in [-0.3, -0.25) is 9.59 Å². The summed E-state index contributed by atoms with van der Waals surface area (Å²) in [6.07, 6.45) is -0.00341. The molecule has 168 valence electrons. The van der Waals surface area contributed by atoms with Crippen molar-refractivity contribution in [2.45, 2.75) is 26.8 Å². The summed E-state index contributed by atoms with van der Waals surface area (Å²) in [5, 5.41) is 19.2. The lowest BCUT2D eigenvalue weighted by molar-refractivity contribution is -0.115. The average Bonchev–Trinajstić information content (AvgIpc) is 3.12. The minimum Gasteiger partial charge on any atom is -0.507 e. The predicted molar refractivity (Wildman–Crippen MR) is 132 cm³/mol. The van der Waals surface area contributed by atoms with E-state index < -0.39 is 5.91 Å². The molecule has 1 aromatic heterocycles. The third-order valence-electron chi connectivity index (χ3n) is 5.34. The number of carbonyl (C=O) groups is 2. The fourth-order valence-electron chi connectivity index (χ4n) is 3.85. The smallest absolute Gasteiger partial charge is 0.275 e. The monoisotopic (exact) mass is 462 g/mol. The number of halogens is 1. The van der Waals surface area contributed by atoms with Crippen molar-refractivity contribution in [3.8, 4) is 5.75 Å². The summed E-state index contributed by atoms with van der Waals surface area (Å²) in [7, 11) is 0. The number of nitrogens with zero attached hydrogens (tertiary/aromatic N) is 2. The van der Waals surface area contributed by atoms with Crippen LogP contribution in [0, 0.1) is 0 Å². The van der Waals surface area contributed by atoms with Crippen LogP contribution in [0.15, 0.2) is 65.8 Å². The lowest BCUT2D eigenvalue weighted by atomic mass is 10.1. The van der Waals surface area contributed by atoms with Crippen LogP contribution in [0.1, 0.15) is 30.6 Å². The summed E-state index contributed by atoms with van der Waals surface area (Å²) < 4.78 is 2.24. The summed E-state index contributed by atoms with van der Waals surface area (Å²) in [6.45, 7) is 4.59. The van der Waals surface area contributed by atoms with Crippen molar-refractivity contribution in [1.29, 1.82) is 0 Å². The number of rotatable bonds is 6. The van der Waals surface area contributed by atoms with Gasteiger partial charge in [-0.1, -0.05) is 29.8 Å². The number of nitrogens with one attached hydrogen (secondary N) is 2. The number of hydrogen-bond acceptors (Lipinski definition) is 4. The van der Waals surface area contributed by atoms with Gasteiger partial charge in [0.2, 0.25) is 5.91 Å². The number of aryl methyl sites for hydroxylation is 1. The molecule has 7 nitrogen and oxygen atoms in total. The second-order valence-electron chi connectivity index (χ2n) is 7.67. The van der Waals surface area contributed by atoms with Crippen LogP contribution in [0.4, 0.5) is 5.69 Å². The summed E-state index contributed by atoms with van der Waals surface area (Å²) >= 11 is 5.87. The van der Waals surface area contributed by atoms with Crippen LogP contribution in [0.3, 0.4) is 0 Å². The highest BCUT2D eigenvalue weighted by molar-refractivity contribution is 6.31. The van der Waals surface area contributed by atoms with Gasteiger partial charge in [-0.2, -0.15) is 5.10 Å². The Hall–Kier alpha value is -3.84. The zero-order valence-electron chi connectivity index (χ0n) is 18.2. The minimum atomic E-state index is -0.618. The third-order valence-corrected chi connectivity index (χ3v) is 5.58. The van der Waals surface area contributed by atoms with Gasteiger partial charge in [0.1, 0.15) is 5.75 Å². The molecular weight excluding hydrogens is 440 g/mol. The van der Waals surface area contributed by atoms with Gasteiger partial charge >= 0.3 is 0 Å². The van der Waals surface area contributed by atoms with Gasteiger partial charge in [0.15, 0.2) is 0 Å². The van der Waals surface area contributed by atoms with E-state index in [-0.39, 0.29) is 23.6 Å². The lowest BCUT2D eigenvalue weighted by Gasteiger charge is -2.07. The highest BCUT2D eigenvalue weighted by atomic mass is 35.5. The Balaban J connectivity index is 1.45. The van der Waals surface area contributed by atoms with Crippen LogP contribution in [0.2, 0.25) is 5.02 Å². The Labute approximate surface area is 195 Å². The van der Waals surface area contributed by atoms with Crippen molar-refractivity contribution in [3.63, 3.8) is 0 Å².